The van der Waals surface area contributed by atoms with Crippen molar-refractivity contribution < 1.29 is 18.3 Å². The number of nitrogens with zero attached hydrogens (tertiary/aromatic N) is 1. The molecule has 0 fully saturated rings. The third kappa shape index (κ3) is 4.99. The van der Waals surface area contributed by atoms with Crippen molar-refractivity contribution >= 4 is 15.7 Å². The van der Waals surface area contributed by atoms with Crippen molar-refractivity contribution in [2.45, 2.75) is 30.6 Å². The standard InChI is InChI=1S/C21H22N2O4S/c1-21(2,20(25)23-14-12-16-6-3-4-7-19(16)24)17-8-10-18(11-9-17)28(26,27)15-5-13-22/h3-11,15,24H,12,14H2,1-2H3,(H,23,25). The Morgan fingerprint density at radius 3 is 2.43 bits per heavy atom. The van der Waals surface area contributed by atoms with E-state index in [-0.39, 0.29) is 16.6 Å². The van der Waals surface area contributed by atoms with Crippen LogP contribution in [-0.4, -0.2) is 26.0 Å². The number of carbonyl (C=O) groups is 1. The fourth-order valence-corrected chi connectivity index (χ4v) is 3.56. The number of amides is 1. The average molecular weight is 398 g/mol. The molecule has 0 heterocycles. The maximum Gasteiger partial charge on any atom is 0.230 e. The molecule has 0 atom stereocenters. The number of nitriles is 1. The summed E-state index contributed by atoms with van der Waals surface area (Å²) < 4.78 is 24.1. The van der Waals surface area contributed by atoms with E-state index in [0.29, 0.717) is 18.5 Å². The molecule has 7 heteroatoms. The van der Waals surface area contributed by atoms with Gasteiger partial charge in [-0.2, -0.15) is 5.26 Å². The Hall–Kier alpha value is -3.11. The summed E-state index contributed by atoms with van der Waals surface area (Å²) >= 11 is 0. The molecule has 0 aliphatic carbocycles. The van der Waals surface area contributed by atoms with Crippen LogP contribution in [0.3, 0.4) is 0 Å². The number of para-hydroxylation sites is 1. The van der Waals surface area contributed by atoms with Gasteiger partial charge in [-0.05, 0) is 49.6 Å². The van der Waals surface area contributed by atoms with Crippen molar-refractivity contribution in [3.8, 4) is 11.8 Å². The summed E-state index contributed by atoms with van der Waals surface area (Å²) in [5, 5.41) is 22.0. The van der Waals surface area contributed by atoms with Crippen LogP contribution in [-0.2, 0) is 26.5 Å². The molecule has 0 bridgehead atoms. The number of rotatable bonds is 7. The molecule has 0 aliphatic rings. The van der Waals surface area contributed by atoms with Gasteiger partial charge in [0.2, 0.25) is 15.7 Å². The molecule has 1 amide bonds. The van der Waals surface area contributed by atoms with Crippen molar-refractivity contribution in [3.05, 3.63) is 71.1 Å². The van der Waals surface area contributed by atoms with Gasteiger partial charge in [0.25, 0.3) is 0 Å². The molecular formula is C21H22N2O4S. The Balaban J connectivity index is 2.07. The first-order valence-corrected chi connectivity index (χ1v) is 10.2. The molecule has 0 unspecified atom stereocenters. The van der Waals surface area contributed by atoms with Crippen LogP contribution < -0.4 is 5.32 Å². The minimum absolute atomic E-state index is 0.0542. The summed E-state index contributed by atoms with van der Waals surface area (Å²) in [6, 6.07) is 14.6. The average Bonchev–Trinajstić information content (AvgIpc) is 2.68. The second-order valence-electron chi connectivity index (χ2n) is 6.76. The molecule has 2 aromatic carbocycles. The van der Waals surface area contributed by atoms with Crippen LogP contribution in [0.1, 0.15) is 25.0 Å². The number of phenols is 1. The lowest BCUT2D eigenvalue weighted by Crippen LogP contribution is -2.40. The molecular weight excluding hydrogens is 376 g/mol. The maximum absolute atomic E-state index is 12.6. The Labute approximate surface area is 165 Å². The van der Waals surface area contributed by atoms with Crippen LogP contribution in [0.5, 0.6) is 5.75 Å². The Morgan fingerprint density at radius 1 is 1.18 bits per heavy atom. The van der Waals surface area contributed by atoms with Crippen LogP contribution in [0.2, 0.25) is 0 Å². The number of phenolic OH excluding ortho intramolecular Hbond substituents is 1. The molecule has 6 nitrogen and oxygen atoms in total. The minimum atomic E-state index is -3.68. The molecule has 0 radical (unpaired) electrons. The zero-order valence-corrected chi connectivity index (χ0v) is 16.5. The van der Waals surface area contributed by atoms with E-state index in [4.69, 9.17) is 5.26 Å². The van der Waals surface area contributed by atoms with Gasteiger partial charge in [0.05, 0.1) is 16.4 Å². The lowest BCUT2D eigenvalue weighted by Gasteiger charge is -2.24. The zero-order chi connectivity index (χ0) is 20.8. The van der Waals surface area contributed by atoms with E-state index in [0.717, 1.165) is 17.0 Å². The highest BCUT2D eigenvalue weighted by atomic mass is 32.2. The summed E-state index contributed by atoms with van der Waals surface area (Å²) in [4.78, 5) is 12.7. The number of aromatic hydroxyl groups is 1. The van der Waals surface area contributed by atoms with Crippen LogP contribution in [0.4, 0.5) is 0 Å². The molecule has 0 aliphatic heterocycles. The zero-order valence-electron chi connectivity index (χ0n) is 15.7. The normalized spacial score (nSPS) is 11.9. The molecule has 146 valence electrons. The van der Waals surface area contributed by atoms with Crippen molar-refractivity contribution in [1.82, 2.24) is 5.32 Å². The quantitative estimate of drug-likeness (QED) is 0.698. The summed E-state index contributed by atoms with van der Waals surface area (Å²) in [5.41, 5.74) is 0.542. The van der Waals surface area contributed by atoms with Crippen LogP contribution in [0.25, 0.3) is 0 Å². The van der Waals surface area contributed by atoms with Gasteiger partial charge in [0, 0.05) is 18.0 Å². The fraction of sp³-hybridized carbons (Fsp3) is 0.238. The topological polar surface area (TPSA) is 107 Å². The molecule has 0 saturated heterocycles. The van der Waals surface area contributed by atoms with Gasteiger partial charge in [-0.15, -0.1) is 0 Å². The monoisotopic (exact) mass is 398 g/mol. The molecule has 2 aromatic rings. The van der Waals surface area contributed by atoms with E-state index in [2.05, 4.69) is 5.32 Å². The molecule has 2 N–H and O–H groups in total. The van der Waals surface area contributed by atoms with Gasteiger partial charge in [0.1, 0.15) is 5.75 Å². The Kier molecular flexibility index (Phi) is 6.60. The van der Waals surface area contributed by atoms with Gasteiger partial charge < -0.3 is 10.4 Å². The SMILES string of the molecule is CC(C)(C(=O)NCCc1ccccc1O)c1ccc(S(=O)(=O)C=CC#N)cc1. The van der Waals surface area contributed by atoms with Gasteiger partial charge in [-0.25, -0.2) is 8.42 Å². The fourth-order valence-electron chi connectivity index (χ4n) is 2.64. The predicted octanol–water partition coefficient (Wildman–Crippen LogP) is 2.84. The Morgan fingerprint density at radius 2 is 1.82 bits per heavy atom. The largest absolute Gasteiger partial charge is 0.508 e. The second kappa shape index (κ2) is 8.72. The van der Waals surface area contributed by atoms with E-state index in [1.54, 1.807) is 50.2 Å². The highest BCUT2D eigenvalue weighted by Crippen LogP contribution is 2.25. The van der Waals surface area contributed by atoms with Gasteiger partial charge in [0.15, 0.2) is 0 Å². The van der Waals surface area contributed by atoms with E-state index < -0.39 is 15.3 Å². The van der Waals surface area contributed by atoms with E-state index in [1.165, 1.54) is 12.1 Å². The van der Waals surface area contributed by atoms with Gasteiger partial charge >= 0.3 is 0 Å². The molecule has 0 spiro atoms. The van der Waals surface area contributed by atoms with Crippen molar-refractivity contribution in [1.29, 1.82) is 5.26 Å². The number of nitrogens with one attached hydrogen (secondary N) is 1. The Bertz CT molecular complexity index is 1020. The van der Waals surface area contributed by atoms with Crippen LogP contribution >= 0.6 is 0 Å². The predicted molar refractivity (Wildman–Crippen MR) is 106 cm³/mol. The first-order chi connectivity index (χ1) is 13.2. The summed E-state index contributed by atoms with van der Waals surface area (Å²) in [6.45, 7) is 3.87. The van der Waals surface area contributed by atoms with Crippen molar-refractivity contribution in [2.75, 3.05) is 6.54 Å². The molecule has 2 rings (SSSR count). The van der Waals surface area contributed by atoms with Gasteiger partial charge in [-0.1, -0.05) is 30.3 Å². The molecule has 0 saturated carbocycles. The van der Waals surface area contributed by atoms with Crippen molar-refractivity contribution in [3.63, 3.8) is 0 Å². The van der Waals surface area contributed by atoms with Crippen molar-refractivity contribution in [2.24, 2.45) is 0 Å². The number of allylic oxidation sites excluding steroid dienone is 1. The summed E-state index contributed by atoms with van der Waals surface area (Å²) in [7, 11) is -3.68. The number of hydrogen-bond donors (Lipinski definition) is 2. The minimum Gasteiger partial charge on any atom is -0.508 e. The second-order valence-corrected chi connectivity index (χ2v) is 8.59. The van der Waals surface area contributed by atoms with E-state index in [9.17, 15) is 18.3 Å². The van der Waals surface area contributed by atoms with Crippen LogP contribution in [0, 0.1) is 11.3 Å². The van der Waals surface area contributed by atoms with E-state index in [1.807, 2.05) is 6.07 Å². The third-order valence-corrected chi connectivity index (χ3v) is 5.89. The maximum atomic E-state index is 12.6. The van der Waals surface area contributed by atoms with Crippen LogP contribution in [0.15, 0.2) is 64.9 Å². The van der Waals surface area contributed by atoms with Gasteiger partial charge in [-0.3, -0.25) is 4.79 Å². The number of benzene rings is 2. The highest BCUT2D eigenvalue weighted by Gasteiger charge is 2.29. The first-order valence-electron chi connectivity index (χ1n) is 8.65. The van der Waals surface area contributed by atoms with E-state index >= 15 is 0 Å². The third-order valence-electron chi connectivity index (χ3n) is 4.47. The summed E-state index contributed by atoms with van der Waals surface area (Å²) in [6.07, 6.45) is 1.40. The highest BCUT2D eigenvalue weighted by molar-refractivity contribution is 7.94. The smallest absolute Gasteiger partial charge is 0.230 e. The number of sulfone groups is 1. The lowest BCUT2D eigenvalue weighted by atomic mass is 9.83. The summed E-state index contributed by atoms with van der Waals surface area (Å²) in [5.74, 6) is -0.0128. The first kappa shape index (κ1) is 21.2. The number of hydrogen-bond acceptors (Lipinski definition) is 5. The molecule has 28 heavy (non-hydrogen) atoms. The number of carbonyl (C=O) groups excluding carboxylic acids is 1. The molecule has 0 aromatic heterocycles. The lowest BCUT2D eigenvalue weighted by molar-refractivity contribution is -0.125.